The molecular weight excluding hydrogens is 527 g/mol. The second-order valence-electron chi connectivity index (χ2n) is 8.51. The lowest BCUT2D eigenvalue weighted by Gasteiger charge is -2.16. The summed E-state index contributed by atoms with van der Waals surface area (Å²) in [4.78, 5) is 29.0. The Balaban J connectivity index is 1.88. The van der Waals surface area contributed by atoms with Gasteiger partial charge < -0.3 is 14.6 Å². The van der Waals surface area contributed by atoms with Crippen LogP contribution in [0, 0.1) is 0 Å². The minimum Gasteiger partial charge on any atom is -0.490 e. The van der Waals surface area contributed by atoms with E-state index in [1.54, 1.807) is 49.4 Å². The van der Waals surface area contributed by atoms with Crippen molar-refractivity contribution in [1.82, 2.24) is 9.66 Å². The Bertz CT molecular complexity index is 1660. The highest BCUT2D eigenvalue weighted by Crippen LogP contribution is 2.34. The smallest absolute Gasteiger partial charge is 0.416 e. The quantitative estimate of drug-likeness (QED) is 0.205. The van der Waals surface area contributed by atoms with E-state index in [0.29, 0.717) is 23.1 Å². The maximum absolute atomic E-state index is 13.4. The molecule has 0 saturated carbocycles. The van der Waals surface area contributed by atoms with E-state index >= 15 is 0 Å². The van der Waals surface area contributed by atoms with E-state index in [1.165, 1.54) is 18.3 Å². The van der Waals surface area contributed by atoms with Gasteiger partial charge in [-0.2, -0.15) is 22.9 Å². The molecule has 1 aromatic heterocycles. The summed E-state index contributed by atoms with van der Waals surface area (Å²) in [6, 6.07) is 14.2. The number of hydrogen-bond acceptors (Lipinski definition) is 6. The van der Waals surface area contributed by atoms with Gasteiger partial charge in [0, 0.05) is 11.1 Å². The molecule has 4 rings (SSSR count). The number of aromatic nitrogens is 2. The topological polar surface area (TPSA) is 103 Å². The normalized spacial score (nSPS) is 11.6. The van der Waals surface area contributed by atoms with Gasteiger partial charge in [0.2, 0.25) is 0 Å². The number of carboxylic acid groups (broad SMARTS) is 1. The van der Waals surface area contributed by atoms with Crippen molar-refractivity contribution < 1.29 is 32.5 Å². The predicted octanol–water partition coefficient (Wildman–Crippen LogP) is 5.56. The monoisotopic (exact) mass is 551 g/mol. The summed E-state index contributed by atoms with van der Waals surface area (Å²) in [7, 11) is 0. The van der Waals surface area contributed by atoms with E-state index in [-0.39, 0.29) is 34.9 Å². The van der Waals surface area contributed by atoms with Gasteiger partial charge in [-0.05, 0) is 55.3 Å². The number of hydrogen-bond donors (Lipinski definition) is 1. The van der Waals surface area contributed by atoms with Crippen molar-refractivity contribution in [2.45, 2.75) is 19.5 Å². The van der Waals surface area contributed by atoms with Crippen LogP contribution in [0.3, 0.4) is 0 Å². The first kappa shape index (κ1) is 28.1. The number of carboxylic acids is 1. The molecule has 4 aromatic rings. The van der Waals surface area contributed by atoms with Crippen LogP contribution in [0.25, 0.3) is 22.3 Å². The predicted molar refractivity (Wildman–Crippen MR) is 144 cm³/mol. The molecule has 0 fully saturated rings. The molecule has 11 heteroatoms. The SMILES string of the molecule is C=CCc1cc(C=Nn2c(-c3cccc(C(F)(F)F)c3)nc3ccccc3c2=O)cc(OCC)c1OCC(=O)O. The average molecular weight is 552 g/mol. The molecule has 206 valence electrons. The molecule has 0 atom stereocenters. The molecule has 0 unspecified atom stereocenters. The summed E-state index contributed by atoms with van der Waals surface area (Å²) in [5.74, 6) is -0.756. The van der Waals surface area contributed by atoms with Crippen LogP contribution in [0.5, 0.6) is 11.5 Å². The third kappa shape index (κ3) is 6.20. The van der Waals surface area contributed by atoms with Crippen LogP contribution in [-0.4, -0.2) is 40.2 Å². The van der Waals surface area contributed by atoms with Gasteiger partial charge in [-0.1, -0.05) is 30.3 Å². The summed E-state index contributed by atoms with van der Waals surface area (Å²) in [6.07, 6.45) is -1.35. The maximum Gasteiger partial charge on any atom is 0.416 e. The van der Waals surface area contributed by atoms with Crippen molar-refractivity contribution in [3.63, 3.8) is 0 Å². The molecule has 8 nitrogen and oxygen atoms in total. The molecule has 0 aliphatic rings. The number of carbonyl (C=O) groups is 1. The zero-order chi connectivity index (χ0) is 28.9. The molecule has 0 aliphatic heterocycles. The number of alkyl halides is 3. The van der Waals surface area contributed by atoms with Crippen molar-refractivity contribution in [2.24, 2.45) is 5.10 Å². The molecule has 1 heterocycles. The second-order valence-corrected chi connectivity index (χ2v) is 8.51. The Morgan fingerprint density at radius 2 is 1.90 bits per heavy atom. The van der Waals surface area contributed by atoms with Gasteiger partial charge in [0.15, 0.2) is 23.9 Å². The van der Waals surface area contributed by atoms with Crippen molar-refractivity contribution in [2.75, 3.05) is 13.2 Å². The van der Waals surface area contributed by atoms with Crippen LogP contribution in [0.15, 0.2) is 83.2 Å². The minimum absolute atomic E-state index is 0.0506. The number of ether oxygens (including phenoxy) is 2. The van der Waals surface area contributed by atoms with E-state index < -0.39 is 29.9 Å². The number of halogens is 3. The Morgan fingerprint density at radius 3 is 2.60 bits per heavy atom. The first-order valence-corrected chi connectivity index (χ1v) is 12.1. The maximum atomic E-state index is 13.4. The fraction of sp³-hybridized carbons (Fsp3) is 0.172. The number of rotatable bonds is 10. The average Bonchev–Trinajstić information content (AvgIpc) is 2.92. The summed E-state index contributed by atoms with van der Waals surface area (Å²) in [5, 5.41) is 13.6. The fourth-order valence-electron chi connectivity index (χ4n) is 4.00. The van der Waals surface area contributed by atoms with Crippen LogP contribution >= 0.6 is 0 Å². The highest BCUT2D eigenvalue weighted by molar-refractivity contribution is 5.83. The number of aliphatic carboxylic acids is 1. The van der Waals surface area contributed by atoms with Crippen LogP contribution < -0.4 is 15.0 Å². The molecular formula is C29H24F3N3O5. The molecule has 3 aromatic carbocycles. The van der Waals surface area contributed by atoms with Crippen molar-refractivity contribution in [3.8, 4) is 22.9 Å². The first-order valence-electron chi connectivity index (χ1n) is 12.1. The van der Waals surface area contributed by atoms with Crippen molar-refractivity contribution in [3.05, 3.63) is 100 Å². The fourth-order valence-corrected chi connectivity index (χ4v) is 4.00. The van der Waals surface area contributed by atoms with E-state index in [1.807, 2.05) is 0 Å². The third-order valence-electron chi connectivity index (χ3n) is 5.68. The van der Waals surface area contributed by atoms with Gasteiger partial charge >= 0.3 is 12.1 Å². The molecule has 0 radical (unpaired) electrons. The Labute approximate surface area is 226 Å². The third-order valence-corrected chi connectivity index (χ3v) is 5.68. The van der Waals surface area contributed by atoms with Gasteiger partial charge in [-0.3, -0.25) is 4.79 Å². The molecule has 0 spiro atoms. The van der Waals surface area contributed by atoms with Crippen molar-refractivity contribution in [1.29, 1.82) is 0 Å². The van der Waals surface area contributed by atoms with Crippen LogP contribution in [0.1, 0.15) is 23.6 Å². The van der Waals surface area contributed by atoms with Gasteiger partial charge in [0.25, 0.3) is 5.56 Å². The largest absolute Gasteiger partial charge is 0.490 e. The molecule has 40 heavy (non-hydrogen) atoms. The van der Waals surface area contributed by atoms with E-state index in [4.69, 9.17) is 14.6 Å². The number of fused-ring (bicyclic) bond motifs is 1. The minimum atomic E-state index is -4.59. The van der Waals surface area contributed by atoms with Gasteiger partial charge in [-0.15, -0.1) is 6.58 Å². The number of allylic oxidation sites excluding steroid dienone is 1. The van der Waals surface area contributed by atoms with Gasteiger partial charge in [-0.25, -0.2) is 9.78 Å². The number of benzene rings is 3. The highest BCUT2D eigenvalue weighted by atomic mass is 19.4. The Hall–Kier alpha value is -4.93. The number of nitrogens with zero attached hydrogens (tertiary/aromatic N) is 3. The lowest BCUT2D eigenvalue weighted by Crippen LogP contribution is -2.20. The van der Waals surface area contributed by atoms with Gasteiger partial charge in [0.05, 0.1) is 29.3 Å². The first-order chi connectivity index (χ1) is 19.1. The van der Waals surface area contributed by atoms with Gasteiger partial charge in [0.1, 0.15) is 0 Å². The summed E-state index contributed by atoms with van der Waals surface area (Å²) >= 11 is 0. The Kier molecular flexibility index (Phi) is 8.32. The van der Waals surface area contributed by atoms with Crippen LogP contribution in [0.2, 0.25) is 0 Å². The zero-order valence-electron chi connectivity index (χ0n) is 21.3. The lowest BCUT2D eigenvalue weighted by molar-refractivity contribution is -0.139. The number of para-hydroxylation sites is 1. The van der Waals surface area contributed by atoms with Crippen molar-refractivity contribution >= 4 is 23.1 Å². The van der Waals surface area contributed by atoms with E-state index in [9.17, 15) is 22.8 Å². The van der Waals surface area contributed by atoms with E-state index in [2.05, 4.69) is 16.7 Å². The Morgan fingerprint density at radius 1 is 1.12 bits per heavy atom. The lowest BCUT2D eigenvalue weighted by atomic mass is 10.1. The standard InChI is InChI=1S/C29H24F3N3O5/c1-3-8-19-13-18(14-24(39-4-2)26(19)40-17-25(36)37)16-33-35-27(20-9-7-10-21(15-20)29(30,31)32)34-23-12-6-5-11-22(23)28(35)38/h3,5-7,9-16H,1,4,8,17H2,2H3,(H,36,37). The summed E-state index contributed by atoms with van der Waals surface area (Å²) in [5.41, 5.74) is -0.0983. The highest BCUT2D eigenvalue weighted by Gasteiger charge is 2.31. The second kappa shape index (κ2) is 11.9. The van der Waals surface area contributed by atoms with Crippen LogP contribution in [-0.2, 0) is 17.4 Å². The molecule has 0 bridgehead atoms. The molecule has 0 amide bonds. The van der Waals surface area contributed by atoms with Crippen LogP contribution in [0.4, 0.5) is 13.2 Å². The molecule has 1 N–H and O–H groups in total. The molecule has 0 aliphatic carbocycles. The molecule has 0 saturated heterocycles. The van der Waals surface area contributed by atoms with E-state index in [0.717, 1.165) is 16.8 Å². The summed E-state index contributed by atoms with van der Waals surface area (Å²) in [6.45, 7) is 5.14. The zero-order valence-corrected chi connectivity index (χ0v) is 21.3. The summed E-state index contributed by atoms with van der Waals surface area (Å²) < 4.78 is 52.4.